The van der Waals surface area contributed by atoms with Crippen LogP contribution in [0, 0.1) is 11.3 Å². The lowest BCUT2D eigenvalue weighted by Crippen LogP contribution is -2.28. The monoisotopic (exact) mass is 244 g/mol. The van der Waals surface area contributed by atoms with Crippen molar-refractivity contribution in [3.05, 3.63) is 35.4 Å². The molecule has 2 nitrogen and oxygen atoms in total. The summed E-state index contributed by atoms with van der Waals surface area (Å²) in [5, 5.41) is 12.5. The predicted molar refractivity (Wildman–Crippen MR) is 76.2 cm³/mol. The Morgan fingerprint density at radius 1 is 1.22 bits per heavy atom. The van der Waals surface area contributed by atoms with Crippen molar-refractivity contribution in [2.75, 3.05) is 0 Å². The highest BCUT2D eigenvalue weighted by atomic mass is 14.9. The van der Waals surface area contributed by atoms with Gasteiger partial charge in [0, 0.05) is 12.6 Å². The van der Waals surface area contributed by atoms with Crippen LogP contribution in [0.4, 0.5) is 0 Å². The van der Waals surface area contributed by atoms with E-state index in [9.17, 15) is 0 Å². The number of rotatable bonds is 8. The molecule has 0 saturated heterocycles. The third-order valence-electron chi connectivity index (χ3n) is 3.19. The lowest BCUT2D eigenvalue weighted by atomic mass is 10.0. The Morgan fingerprint density at radius 3 is 2.72 bits per heavy atom. The smallest absolute Gasteiger partial charge is 0.0991 e. The van der Waals surface area contributed by atoms with Crippen LogP contribution in [0.1, 0.15) is 57.1 Å². The van der Waals surface area contributed by atoms with Gasteiger partial charge in [-0.05, 0) is 30.5 Å². The van der Waals surface area contributed by atoms with Crippen LogP contribution in [0.3, 0.4) is 0 Å². The Morgan fingerprint density at radius 2 is 2.06 bits per heavy atom. The van der Waals surface area contributed by atoms with Crippen molar-refractivity contribution in [3.8, 4) is 6.07 Å². The summed E-state index contributed by atoms with van der Waals surface area (Å²) in [5.74, 6) is 0. The van der Waals surface area contributed by atoms with Gasteiger partial charge in [0.05, 0.1) is 11.6 Å². The van der Waals surface area contributed by atoms with Crippen molar-refractivity contribution in [1.29, 1.82) is 5.26 Å². The number of nitrogens with zero attached hydrogens (tertiary/aromatic N) is 1. The van der Waals surface area contributed by atoms with Crippen LogP contribution >= 0.6 is 0 Å². The molecule has 0 amide bonds. The maximum absolute atomic E-state index is 8.87. The quantitative estimate of drug-likeness (QED) is 0.750. The summed E-state index contributed by atoms with van der Waals surface area (Å²) in [6.45, 7) is 5.33. The highest BCUT2D eigenvalue weighted by Gasteiger charge is 2.06. The maximum atomic E-state index is 8.87. The second kappa shape index (κ2) is 8.72. The standard InChI is InChI=1S/C16H24N2/c1-3-5-10-16(7-4-2)18-13-15-9-6-8-14(11-15)12-17/h6,8-9,11,16,18H,3-5,7,10,13H2,1-2H3. The summed E-state index contributed by atoms with van der Waals surface area (Å²) >= 11 is 0. The maximum Gasteiger partial charge on any atom is 0.0991 e. The van der Waals surface area contributed by atoms with Gasteiger partial charge in [-0.2, -0.15) is 5.26 Å². The van der Waals surface area contributed by atoms with Crippen molar-refractivity contribution in [2.45, 2.75) is 58.5 Å². The third-order valence-corrected chi connectivity index (χ3v) is 3.19. The predicted octanol–water partition coefficient (Wildman–Crippen LogP) is 4.01. The first-order valence-electron chi connectivity index (χ1n) is 7.02. The Hall–Kier alpha value is -1.33. The van der Waals surface area contributed by atoms with Crippen LogP contribution < -0.4 is 5.32 Å². The number of nitrogens with one attached hydrogen (secondary N) is 1. The molecule has 0 aromatic heterocycles. The summed E-state index contributed by atoms with van der Waals surface area (Å²) in [7, 11) is 0. The molecule has 0 radical (unpaired) electrons. The van der Waals surface area contributed by atoms with Gasteiger partial charge in [-0.3, -0.25) is 0 Å². The van der Waals surface area contributed by atoms with Crippen LogP contribution in [0.2, 0.25) is 0 Å². The molecule has 0 saturated carbocycles. The topological polar surface area (TPSA) is 35.8 Å². The number of hydrogen-bond donors (Lipinski definition) is 1. The summed E-state index contributed by atoms with van der Waals surface area (Å²) in [4.78, 5) is 0. The Kier molecular flexibility index (Phi) is 7.13. The first-order chi connectivity index (χ1) is 8.80. The molecule has 1 unspecified atom stereocenters. The van der Waals surface area contributed by atoms with Gasteiger partial charge in [0.2, 0.25) is 0 Å². The van der Waals surface area contributed by atoms with Gasteiger partial charge in [0.15, 0.2) is 0 Å². The van der Waals surface area contributed by atoms with Crippen molar-refractivity contribution in [2.24, 2.45) is 0 Å². The van der Waals surface area contributed by atoms with E-state index in [1.807, 2.05) is 18.2 Å². The fraction of sp³-hybridized carbons (Fsp3) is 0.562. The molecule has 0 fully saturated rings. The first-order valence-corrected chi connectivity index (χ1v) is 7.02. The summed E-state index contributed by atoms with van der Waals surface area (Å²) in [6.07, 6.45) is 6.25. The van der Waals surface area contributed by atoms with Crippen molar-refractivity contribution < 1.29 is 0 Å². The average molecular weight is 244 g/mol. The molecule has 0 aliphatic carbocycles. The van der Waals surface area contributed by atoms with E-state index >= 15 is 0 Å². The van der Waals surface area contributed by atoms with Crippen LogP contribution in [-0.2, 0) is 6.54 Å². The van der Waals surface area contributed by atoms with E-state index in [1.165, 1.54) is 37.7 Å². The highest BCUT2D eigenvalue weighted by Crippen LogP contribution is 2.09. The Bertz CT molecular complexity index is 379. The van der Waals surface area contributed by atoms with Crippen LogP contribution in [-0.4, -0.2) is 6.04 Å². The molecule has 18 heavy (non-hydrogen) atoms. The molecule has 0 aliphatic heterocycles. The van der Waals surface area contributed by atoms with Crippen LogP contribution in [0.15, 0.2) is 24.3 Å². The molecule has 0 spiro atoms. The van der Waals surface area contributed by atoms with Crippen LogP contribution in [0.5, 0.6) is 0 Å². The van der Waals surface area contributed by atoms with Crippen LogP contribution in [0.25, 0.3) is 0 Å². The van der Waals surface area contributed by atoms with Gasteiger partial charge < -0.3 is 5.32 Å². The van der Waals surface area contributed by atoms with E-state index in [4.69, 9.17) is 5.26 Å². The normalized spacial score (nSPS) is 12.1. The second-order valence-electron chi connectivity index (χ2n) is 4.82. The molecular formula is C16H24N2. The fourth-order valence-corrected chi connectivity index (χ4v) is 2.16. The fourth-order valence-electron chi connectivity index (χ4n) is 2.16. The molecule has 0 heterocycles. The zero-order valence-corrected chi connectivity index (χ0v) is 11.6. The molecule has 98 valence electrons. The minimum absolute atomic E-state index is 0.612. The molecule has 1 aromatic carbocycles. The van der Waals surface area contributed by atoms with Crippen molar-refractivity contribution in [1.82, 2.24) is 5.32 Å². The average Bonchev–Trinajstić information content (AvgIpc) is 2.42. The number of hydrogen-bond acceptors (Lipinski definition) is 2. The molecule has 0 bridgehead atoms. The molecular weight excluding hydrogens is 220 g/mol. The molecule has 1 aromatic rings. The van der Waals surface area contributed by atoms with Gasteiger partial charge in [-0.15, -0.1) is 0 Å². The number of unbranched alkanes of at least 4 members (excludes halogenated alkanes) is 1. The zero-order chi connectivity index (χ0) is 13.2. The van der Waals surface area contributed by atoms with Gasteiger partial charge >= 0.3 is 0 Å². The minimum atomic E-state index is 0.612. The Labute approximate surface area is 111 Å². The molecule has 1 atom stereocenters. The van der Waals surface area contributed by atoms with Gasteiger partial charge in [-0.25, -0.2) is 0 Å². The van der Waals surface area contributed by atoms with E-state index in [0.29, 0.717) is 6.04 Å². The Balaban J connectivity index is 2.47. The van der Waals surface area contributed by atoms with Crippen molar-refractivity contribution >= 4 is 0 Å². The van der Waals surface area contributed by atoms with Crippen molar-refractivity contribution in [3.63, 3.8) is 0 Å². The largest absolute Gasteiger partial charge is 0.310 e. The lowest BCUT2D eigenvalue weighted by molar-refractivity contribution is 0.434. The number of nitriles is 1. The molecule has 0 aliphatic rings. The number of benzene rings is 1. The van der Waals surface area contributed by atoms with Gasteiger partial charge in [0.25, 0.3) is 0 Å². The van der Waals surface area contributed by atoms with Gasteiger partial charge in [0.1, 0.15) is 0 Å². The summed E-state index contributed by atoms with van der Waals surface area (Å²) in [6, 6.07) is 10.7. The van der Waals surface area contributed by atoms with E-state index in [-0.39, 0.29) is 0 Å². The summed E-state index contributed by atoms with van der Waals surface area (Å²) < 4.78 is 0. The zero-order valence-electron chi connectivity index (χ0n) is 11.6. The lowest BCUT2D eigenvalue weighted by Gasteiger charge is -2.18. The SMILES string of the molecule is CCCCC(CCC)NCc1cccc(C#N)c1. The molecule has 1 rings (SSSR count). The third kappa shape index (κ3) is 5.33. The summed E-state index contributed by atoms with van der Waals surface area (Å²) in [5.41, 5.74) is 1.95. The highest BCUT2D eigenvalue weighted by molar-refractivity contribution is 5.32. The second-order valence-corrected chi connectivity index (χ2v) is 4.82. The van der Waals surface area contributed by atoms with Gasteiger partial charge in [-0.1, -0.05) is 45.2 Å². The van der Waals surface area contributed by atoms with E-state index in [1.54, 1.807) is 0 Å². The molecule has 2 heteroatoms. The first kappa shape index (κ1) is 14.7. The molecule has 1 N–H and O–H groups in total. The van der Waals surface area contributed by atoms with E-state index in [2.05, 4.69) is 31.3 Å². The van der Waals surface area contributed by atoms with E-state index in [0.717, 1.165) is 12.1 Å². The minimum Gasteiger partial charge on any atom is -0.310 e. The van der Waals surface area contributed by atoms with E-state index < -0.39 is 0 Å².